The summed E-state index contributed by atoms with van der Waals surface area (Å²) >= 11 is 6.31. The molecule has 1 aromatic rings. The molecular formula is C12H14Br2FNO2. The summed E-state index contributed by atoms with van der Waals surface area (Å²) in [5.74, 6) is -0.731. The second-order valence-corrected chi connectivity index (χ2v) is 5.10. The number of carbonyl (C=O) groups excluding carboxylic acids is 1. The molecule has 0 atom stereocenters. The van der Waals surface area contributed by atoms with Gasteiger partial charge in [0.05, 0.1) is 16.6 Å². The molecule has 0 aliphatic heterocycles. The van der Waals surface area contributed by atoms with Crippen LogP contribution < -0.4 is 5.32 Å². The molecule has 100 valence electrons. The molecule has 0 fully saturated rings. The third-order valence-electron chi connectivity index (χ3n) is 2.17. The van der Waals surface area contributed by atoms with Crippen LogP contribution in [0.3, 0.4) is 0 Å². The maximum atomic E-state index is 13.2. The molecule has 0 spiro atoms. The highest BCUT2D eigenvalue weighted by molar-refractivity contribution is 9.10. The minimum Gasteiger partial charge on any atom is -0.381 e. The normalized spacial score (nSPS) is 10.4. The van der Waals surface area contributed by atoms with E-state index in [-0.39, 0.29) is 10.4 Å². The van der Waals surface area contributed by atoms with Gasteiger partial charge in [-0.2, -0.15) is 0 Å². The number of ether oxygens (including phenoxy) is 1. The monoisotopic (exact) mass is 381 g/mol. The predicted octanol–water partition coefficient (Wildman–Crippen LogP) is 3.12. The Morgan fingerprint density at radius 2 is 2.17 bits per heavy atom. The Hall–Kier alpha value is -0.460. The molecule has 18 heavy (non-hydrogen) atoms. The lowest BCUT2D eigenvalue weighted by Gasteiger charge is -2.07. The zero-order valence-corrected chi connectivity index (χ0v) is 12.9. The Balaban J connectivity index is 2.35. The standard InChI is InChI=1S/C12H14Br2FNO2/c13-5-8-18-7-2-6-16-12(17)9-3-1-4-10(15)11(9)14/h1,3-4H,2,5-8H2,(H,16,17). The molecule has 0 saturated carbocycles. The molecule has 0 heterocycles. The number of alkyl halides is 1. The lowest BCUT2D eigenvalue weighted by molar-refractivity contribution is 0.0943. The molecular weight excluding hydrogens is 369 g/mol. The maximum absolute atomic E-state index is 13.2. The number of halogens is 3. The fourth-order valence-corrected chi connectivity index (χ4v) is 1.98. The first-order chi connectivity index (χ1) is 8.66. The minimum absolute atomic E-state index is 0.193. The van der Waals surface area contributed by atoms with Gasteiger partial charge in [-0.25, -0.2) is 4.39 Å². The average molecular weight is 383 g/mol. The average Bonchev–Trinajstić information content (AvgIpc) is 2.36. The van der Waals surface area contributed by atoms with Gasteiger partial charge >= 0.3 is 0 Å². The molecule has 0 saturated heterocycles. The summed E-state index contributed by atoms with van der Waals surface area (Å²) in [4.78, 5) is 11.8. The number of rotatable bonds is 7. The van der Waals surface area contributed by atoms with E-state index in [1.165, 1.54) is 12.1 Å². The molecule has 1 N–H and O–H groups in total. The molecule has 0 aliphatic rings. The third kappa shape index (κ3) is 5.04. The van der Waals surface area contributed by atoms with Crippen LogP contribution in [-0.4, -0.2) is 31.0 Å². The van der Waals surface area contributed by atoms with Crippen molar-refractivity contribution in [1.29, 1.82) is 0 Å². The van der Waals surface area contributed by atoms with Crippen molar-refractivity contribution in [3.8, 4) is 0 Å². The lowest BCUT2D eigenvalue weighted by atomic mass is 10.2. The van der Waals surface area contributed by atoms with E-state index in [1.54, 1.807) is 6.07 Å². The Bertz CT molecular complexity index is 402. The van der Waals surface area contributed by atoms with Crippen LogP contribution in [0.2, 0.25) is 0 Å². The van der Waals surface area contributed by atoms with Crippen LogP contribution >= 0.6 is 31.9 Å². The summed E-state index contributed by atoms with van der Waals surface area (Å²) in [6.45, 7) is 1.75. The van der Waals surface area contributed by atoms with Crippen molar-refractivity contribution in [2.24, 2.45) is 0 Å². The topological polar surface area (TPSA) is 38.3 Å². The second kappa shape index (κ2) is 8.61. The molecule has 0 bridgehead atoms. The second-order valence-electron chi connectivity index (χ2n) is 3.51. The van der Waals surface area contributed by atoms with Crippen LogP contribution in [0.1, 0.15) is 16.8 Å². The molecule has 1 amide bonds. The van der Waals surface area contributed by atoms with E-state index in [1.807, 2.05) is 0 Å². The van der Waals surface area contributed by atoms with Crippen molar-refractivity contribution in [2.45, 2.75) is 6.42 Å². The largest absolute Gasteiger partial charge is 0.381 e. The van der Waals surface area contributed by atoms with E-state index in [2.05, 4.69) is 37.2 Å². The number of hydrogen-bond donors (Lipinski definition) is 1. The smallest absolute Gasteiger partial charge is 0.252 e. The molecule has 1 aromatic carbocycles. The number of nitrogens with one attached hydrogen (secondary N) is 1. The van der Waals surface area contributed by atoms with Crippen LogP contribution in [-0.2, 0) is 4.74 Å². The van der Waals surface area contributed by atoms with E-state index in [0.29, 0.717) is 25.3 Å². The van der Waals surface area contributed by atoms with Gasteiger partial charge in [0.25, 0.3) is 5.91 Å². The highest BCUT2D eigenvalue weighted by atomic mass is 79.9. The Morgan fingerprint density at radius 3 is 2.89 bits per heavy atom. The summed E-state index contributed by atoms with van der Waals surface area (Å²) in [7, 11) is 0. The molecule has 1 rings (SSSR count). The van der Waals surface area contributed by atoms with Crippen LogP contribution in [0.5, 0.6) is 0 Å². The highest BCUT2D eigenvalue weighted by Crippen LogP contribution is 2.20. The van der Waals surface area contributed by atoms with Crippen molar-refractivity contribution in [3.05, 3.63) is 34.1 Å². The van der Waals surface area contributed by atoms with Gasteiger partial charge in [0.15, 0.2) is 0 Å². The molecule has 3 nitrogen and oxygen atoms in total. The lowest BCUT2D eigenvalue weighted by Crippen LogP contribution is -2.25. The maximum Gasteiger partial charge on any atom is 0.252 e. The first-order valence-electron chi connectivity index (χ1n) is 5.52. The Kier molecular flexibility index (Phi) is 7.46. The highest BCUT2D eigenvalue weighted by Gasteiger charge is 2.11. The zero-order chi connectivity index (χ0) is 13.4. The molecule has 0 unspecified atom stereocenters. The van der Waals surface area contributed by atoms with Crippen LogP contribution in [0, 0.1) is 5.82 Å². The van der Waals surface area contributed by atoms with E-state index in [0.717, 1.165) is 11.8 Å². The summed E-state index contributed by atoms with van der Waals surface area (Å²) in [6, 6.07) is 4.38. The van der Waals surface area contributed by atoms with Gasteiger partial charge in [-0.05, 0) is 34.5 Å². The quantitative estimate of drug-likeness (QED) is 0.581. The van der Waals surface area contributed by atoms with Gasteiger partial charge in [-0.3, -0.25) is 4.79 Å². The summed E-state index contributed by atoms with van der Waals surface area (Å²) in [5, 5.41) is 3.52. The summed E-state index contributed by atoms with van der Waals surface area (Å²) in [6.07, 6.45) is 0.728. The predicted molar refractivity (Wildman–Crippen MR) is 75.7 cm³/mol. The Morgan fingerprint density at radius 1 is 1.39 bits per heavy atom. The number of benzene rings is 1. The minimum atomic E-state index is -0.441. The van der Waals surface area contributed by atoms with Gasteiger partial charge in [0.1, 0.15) is 5.82 Å². The fraction of sp³-hybridized carbons (Fsp3) is 0.417. The number of amides is 1. The van der Waals surface area contributed by atoms with Crippen molar-refractivity contribution in [1.82, 2.24) is 5.32 Å². The van der Waals surface area contributed by atoms with Gasteiger partial charge < -0.3 is 10.1 Å². The van der Waals surface area contributed by atoms with Crippen molar-refractivity contribution < 1.29 is 13.9 Å². The molecule has 6 heteroatoms. The fourth-order valence-electron chi connectivity index (χ4n) is 1.31. The number of hydrogen-bond acceptors (Lipinski definition) is 2. The van der Waals surface area contributed by atoms with E-state index in [4.69, 9.17) is 4.74 Å². The first-order valence-corrected chi connectivity index (χ1v) is 7.44. The third-order valence-corrected chi connectivity index (χ3v) is 3.30. The zero-order valence-electron chi connectivity index (χ0n) is 9.72. The van der Waals surface area contributed by atoms with E-state index >= 15 is 0 Å². The summed E-state index contributed by atoms with van der Waals surface area (Å²) < 4.78 is 18.7. The number of carbonyl (C=O) groups is 1. The summed E-state index contributed by atoms with van der Waals surface area (Å²) in [5.41, 5.74) is 0.302. The first kappa shape index (κ1) is 15.6. The van der Waals surface area contributed by atoms with Crippen LogP contribution in [0.4, 0.5) is 4.39 Å². The Labute approximate surface area is 122 Å². The SMILES string of the molecule is O=C(NCCCOCCBr)c1cccc(F)c1Br. The van der Waals surface area contributed by atoms with Crippen molar-refractivity contribution in [3.63, 3.8) is 0 Å². The van der Waals surface area contributed by atoms with Gasteiger partial charge in [0.2, 0.25) is 0 Å². The van der Waals surface area contributed by atoms with Crippen LogP contribution in [0.15, 0.2) is 22.7 Å². The van der Waals surface area contributed by atoms with E-state index < -0.39 is 5.82 Å². The van der Waals surface area contributed by atoms with Gasteiger partial charge in [-0.1, -0.05) is 22.0 Å². The molecule has 0 aliphatic carbocycles. The molecule has 0 aromatic heterocycles. The van der Waals surface area contributed by atoms with E-state index in [9.17, 15) is 9.18 Å². The van der Waals surface area contributed by atoms with Crippen LogP contribution in [0.25, 0.3) is 0 Å². The van der Waals surface area contributed by atoms with Crippen molar-refractivity contribution in [2.75, 3.05) is 25.1 Å². The van der Waals surface area contributed by atoms with Gasteiger partial charge in [0, 0.05) is 18.5 Å². The molecule has 0 radical (unpaired) electrons. The van der Waals surface area contributed by atoms with Gasteiger partial charge in [-0.15, -0.1) is 0 Å². The van der Waals surface area contributed by atoms with Crippen molar-refractivity contribution >= 4 is 37.8 Å².